The average Bonchev–Trinajstić information content (AvgIpc) is 3.07. The molecule has 0 saturated heterocycles. The minimum Gasteiger partial charge on any atom is -0.383 e. The molecule has 2 rings (SSSR count). The number of imidazole rings is 1. The zero-order valence-electron chi connectivity index (χ0n) is 17.6. The van der Waals surface area contributed by atoms with Gasteiger partial charge in [0.25, 0.3) is 5.56 Å². The van der Waals surface area contributed by atoms with Crippen LogP contribution in [0.2, 0.25) is 0 Å². The van der Waals surface area contributed by atoms with Crippen molar-refractivity contribution in [2.75, 3.05) is 13.7 Å². The molecule has 0 bridgehead atoms. The van der Waals surface area contributed by atoms with E-state index in [1.165, 1.54) is 9.13 Å². The molecule has 0 aliphatic rings. The van der Waals surface area contributed by atoms with Gasteiger partial charge in [-0.1, -0.05) is 40.5 Å². The fourth-order valence-electron chi connectivity index (χ4n) is 3.92. The highest BCUT2D eigenvalue weighted by Crippen LogP contribution is 2.30. The van der Waals surface area contributed by atoms with Crippen LogP contribution in [0.15, 0.2) is 15.9 Å². The summed E-state index contributed by atoms with van der Waals surface area (Å²) in [6.07, 6.45) is 6.02. The third-order valence-corrected chi connectivity index (χ3v) is 5.77. The van der Waals surface area contributed by atoms with Crippen LogP contribution in [0.1, 0.15) is 59.8 Å². The molecule has 0 unspecified atom stereocenters. The second kappa shape index (κ2) is 8.87. The molecule has 0 saturated carbocycles. The highest BCUT2D eigenvalue weighted by Gasteiger charge is 2.33. The van der Waals surface area contributed by atoms with Crippen molar-refractivity contribution in [3.63, 3.8) is 0 Å². The van der Waals surface area contributed by atoms with Gasteiger partial charge in [0.2, 0.25) is 0 Å². The van der Waals surface area contributed by atoms with Crippen molar-refractivity contribution in [3.05, 3.63) is 27.2 Å². The first-order valence-corrected chi connectivity index (χ1v) is 9.99. The molecule has 2 aromatic heterocycles. The quantitative estimate of drug-likeness (QED) is 0.637. The third kappa shape index (κ3) is 4.03. The van der Waals surface area contributed by atoms with Crippen LogP contribution in [0.25, 0.3) is 11.2 Å². The molecule has 0 spiro atoms. The molecule has 0 N–H and O–H groups in total. The minimum atomic E-state index is -0.467. The topological polar surface area (TPSA) is 71.0 Å². The number of rotatable bonds is 10. The zero-order valence-corrected chi connectivity index (χ0v) is 17.6. The Morgan fingerprint density at radius 2 is 1.89 bits per heavy atom. The molecular formula is C20H34N4O3. The minimum absolute atomic E-state index is 0.241. The Morgan fingerprint density at radius 3 is 2.44 bits per heavy atom. The first kappa shape index (κ1) is 21.4. The van der Waals surface area contributed by atoms with E-state index in [1.54, 1.807) is 25.1 Å². The summed E-state index contributed by atoms with van der Waals surface area (Å²) in [5, 5.41) is 0. The summed E-state index contributed by atoms with van der Waals surface area (Å²) in [6.45, 7) is 9.54. The van der Waals surface area contributed by atoms with Gasteiger partial charge in [-0.05, 0) is 25.2 Å². The molecule has 2 heterocycles. The summed E-state index contributed by atoms with van der Waals surface area (Å²) in [6, 6.07) is 0. The molecule has 27 heavy (non-hydrogen) atoms. The number of hydrogen-bond acceptors (Lipinski definition) is 4. The van der Waals surface area contributed by atoms with Gasteiger partial charge in [0.05, 0.1) is 18.5 Å². The van der Waals surface area contributed by atoms with Crippen LogP contribution in [0.3, 0.4) is 0 Å². The van der Waals surface area contributed by atoms with E-state index < -0.39 is 5.54 Å². The van der Waals surface area contributed by atoms with Crippen LogP contribution in [0, 0.1) is 5.92 Å². The maximum absolute atomic E-state index is 13.5. The van der Waals surface area contributed by atoms with E-state index in [2.05, 4.69) is 32.7 Å². The maximum Gasteiger partial charge on any atom is 0.333 e. The van der Waals surface area contributed by atoms with Gasteiger partial charge in [-0.2, -0.15) is 0 Å². The van der Waals surface area contributed by atoms with Gasteiger partial charge >= 0.3 is 5.69 Å². The number of ether oxygens (including phenoxy) is 1. The Balaban J connectivity index is 2.67. The maximum atomic E-state index is 13.5. The number of methoxy groups -OCH3 is 1. The number of fused-ring (bicyclic) bond motifs is 1. The van der Waals surface area contributed by atoms with Crippen LogP contribution in [-0.4, -0.2) is 32.4 Å². The lowest BCUT2D eigenvalue weighted by Gasteiger charge is -2.34. The Morgan fingerprint density at radius 1 is 1.22 bits per heavy atom. The Labute approximate surface area is 161 Å². The molecule has 7 heteroatoms. The molecule has 0 fully saturated rings. The van der Waals surface area contributed by atoms with Crippen molar-refractivity contribution in [1.29, 1.82) is 0 Å². The lowest BCUT2D eigenvalue weighted by Crippen LogP contribution is -2.51. The van der Waals surface area contributed by atoms with Gasteiger partial charge in [-0.3, -0.25) is 13.9 Å². The summed E-state index contributed by atoms with van der Waals surface area (Å²) in [7, 11) is 3.32. The summed E-state index contributed by atoms with van der Waals surface area (Å²) in [5.41, 5.74) is -0.0802. The van der Waals surface area contributed by atoms with Crippen LogP contribution in [-0.2, 0) is 23.9 Å². The van der Waals surface area contributed by atoms with Gasteiger partial charge in [0, 0.05) is 20.7 Å². The molecule has 0 amide bonds. The van der Waals surface area contributed by atoms with E-state index in [1.807, 2.05) is 0 Å². The largest absolute Gasteiger partial charge is 0.383 e. The average molecular weight is 379 g/mol. The highest BCUT2D eigenvalue weighted by molar-refractivity contribution is 5.70. The van der Waals surface area contributed by atoms with Crippen molar-refractivity contribution in [2.24, 2.45) is 13.0 Å². The molecular weight excluding hydrogens is 344 g/mol. The number of nitrogens with zero attached hydrogens (tertiary/aromatic N) is 4. The van der Waals surface area contributed by atoms with Crippen LogP contribution < -0.4 is 11.2 Å². The summed E-state index contributed by atoms with van der Waals surface area (Å²) in [4.78, 5) is 30.9. The summed E-state index contributed by atoms with van der Waals surface area (Å²) in [5.74, 6) is 0.605. The van der Waals surface area contributed by atoms with Crippen molar-refractivity contribution < 1.29 is 4.74 Å². The van der Waals surface area contributed by atoms with E-state index in [0.29, 0.717) is 30.2 Å². The molecule has 152 valence electrons. The van der Waals surface area contributed by atoms with E-state index in [9.17, 15) is 9.59 Å². The zero-order chi connectivity index (χ0) is 20.2. The highest BCUT2D eigenvalue weighted by atomic mass is 16.5. The second-order valence-corrected chi connectivity index (χ2v) is 7.80. The molecule has 0 radical (unpaired) electrons. The Hall–Kier alpha value is -1.89. The molecule has 2 aromatic rings. The van der Waals surface area contributed by atoms with Gasteiger partial charge in [-0.15, -0.1) is 0 Å². The Kier molecular flexibility index (Phi) is 7.03. The molecule has 0 aromatic carbocycles. The van der Waals surface area contributed by atoms with Crippen molar-refractivity contribution in [2.45, 2.75) is 71.9 Å². The van der Waals surface area contributed by atoms with Crippen LogP contribution >= 0.6 is 0 Å². The summed E-state index contributed by atoms with van der Waals surface area (Å²) < 4.78 is 9.94. The standard InChI is InChI=1S/C20H34N4O3/c1-7-20(8-2,11-9-10-15(3)4)24-18(25)16-17(22(5)19(24)26)21-14-23(16)12-13-27-6/h14-15H,7-13H2,1-6H3. The van der Waals surface area contributed by atoms with E-state index in [4.69, 9.17) is 4.74 Å². The molecule has 7 nitrogen and oxygen atoms in total. The van der Waals surface area contributed by atoms with Crippen molar-refractivity contribution in [3.8, 4) is 0 Å². The number of aryl methyl sites for hydroxylation is 1. The van der Waals surface area contributed by atoms with E-state index in [-0.39, 0.29) is 11.2 Å². The van der Waals surface area contributed by atoms with Gasteiger partial charge in [-0.25, -0.2) is 9.78 Å². The van der Waals surface area contributed by atoms with E-state index in [0.717, 1.165) is 32.1 Å². The lowest BCUT2D eigenvalue weighted by atomic mass is 9.85. The third-order valence-electron chi connectivity index (χ3n) is 5.77. The van der Waals surface area contributed by atoms with Crippen molar-refractivity contribution >= 4 is 11.2 Å². The van der Waals surface area contributed by atoms with Crippen molar-refractivity contribution in [1.82, 2.24) is 18.7 Å². The molecule has 0 aliphatic heterocycles. The first-order valence-electron chi connectivity index (χ1n) is 9.99. The SMILES string of the molecule is CCC(CC)(CCCC(C)C)n1c(=O)c2c(ncn2CCOC)n(C)c1=O. The van der Waals surface area contributed by atoms with Gasteiger partial charge in [0.15, 0.2) is 11.2 Å². The van der Waals surface area contributed by atoms with E-state index >= 15 is 0 Å². The fourth-order valence-corrected chi connectivity index (χ4v) is 3.92. The van der Waals surface area contributed by atoms with Crippen LogP contribution in [0.4, 0.5) is 0 Å². The second-order valence-electron chi connectivity index (χ2n) is 7.80. The van der Waals surface area contributed by atoms with Gasteiger partial charge < -0.3 is 9.30 Å². The summed E-state index contributed by atoms with van der Waals surface area (Å²) >= 11 is 0. The Bertz CT molecular complexity index is 872. The lowest BCUT2D eigenvalue weighted by molar-refractivity contribution is 0.188. The predicted molar refractivity (Wildman–Crippen MR) is 108 cm³/mol. The first-order chi connectivity index (χ1) is 12.8. The predicted octanol–water partition coefficient (Wildman–Crippen LogP) is 2.88. The fraction of sp³-hybridized carbons (Fsp3) is 0.750. The molecule has 0 aliphatic carbocycles. The van der Waals surface area contributed by atoms with Crippen LogP contribution in [0.5, 0.6) is 0 Å². The normalized spacial score (nSPS) is 12.4. The monoisotopic (exact) mass is 378 g/mol. The number of aromatic nitrogens is 4. The van der Waals surface area contributed by atoms with Gasteiger partial charge in [0.1, 0.15) is 0 Å². The molecule has 0 atom stereocenters. The number of hydrogen-bond donors (Lipinski definition) is 0. The smallest absolute Gasteiger partial charge is 0.333 e.